The van der Waals surface area contributed by atoms with Crippen LogP contribution in [0, 0.1) is 0 Å². The Morgan fingerprint density at radius 1 is 1.36 bits per heavy atom. The molecule has 1 heterocycles. The summed E-state index contributed by atoms with van der Waals surface area (Å²) in [6.07, 6.45) is 8.15. The molecule has 1 aromatic heterocycles. The first kappa shape index (κ1) is 16.7. The van der Waals surface area contributed by atoms with E-state index in [1.165, 1.54) is 32.0 Å². The molecule has 3 N–H and O–H groups in total. The first-order valence-corrected chi connectivity index (χ1v) is 7.32. The zero-order valence-corrected chi connectivity index (χ0v) is 14.7. The quantitative estimate of drug-likeness (QED) is 0.459. The van der Waals surface area contributed by atoms with Gasteiger partial charge >= 0.3 is 0 Å². The molecule has 1 aliphatic rings. The fourth-order valence-electron chi connectivity index (χ4n) is 2.64. The molecule has 1 aromatic carbocycles. The maximum atomic E-state index is 5.95. The number of hydrogen-bond acceptors (Lipinski definition) is 3. The number of halogens is 1. The predicted octanol–water partition coefficient (Wildman–Crippen LogP) is 2.23. The molecule has 1 aliphatic carbocycles. The Morgan fingerprint density at radius 3 is 2.91 bits per heavy atom. The summed E-state index contributed by atoms with van der Waals surface area (Å²) in [5.74, 6) is 0.535. The van der Waals surface area contributed by atoms with Crippen LogP contribution in [0.4, 0.5) is 0 Å². The largest absolute Gasteiger partial charge is 0.370 e. The minimum absolute atomic E-state index is 0. The summed E-state index contributed by atoms with van der Waals surface area (Å²) in [7, 11) is 0. The number of rotatable bonds is 4. The zero-order valence-electron chi connectivity index (χ0n) is 12.4. The van der Waals surface area contributed by atoms with Crippen LogP contribution in [0.5, 0.6) is 0 Å². The van der Waals surface area contributed by atoms with Crippen molar-refractivity contribution in [3.05, 3.63) is 42.5 Å². The van der Waals surface area contributed by atoms with Crippen molar-refractivity contribution in [2.75, 3.05) is 0 Å². The number of guanidine groups is 1. The van der Waals surface area contributed by atoms with Crippen molar-refractivity contribution in [2.45, 2.75) is 38.3 Å². The first-order chi connectivity index (χ1) is 10.3. The van der Waals surface area contributed by atoms with Gasteiger partial charge in [0.2, 0.25) is 0 Å². The fourth-order valence-corrected chi connectivity index (χ4v) is 2.64. The van der Waals surface area contributed by atoms with E-state index in [-0.39, 0.29) is 24.0 Å². The molecule has 0 aliphatic heterocycles. The standard InChI is InChI=1S/C15H20N6.HI/c16-15(20-13-5-1-2-6-13)18-9-12-4-3-7-14(8-12)21-11-17-10-19-21;/h3-4,7-8,10-11,13H,1-2,5-6,9H2,(H3,16,18,20);1H. The minimum atomic E-state index is 0. The van der Waals surface area contributed by atoms with Crippen molar-refractivity contribution in [3.63, 3.8) is 0 Å². The van der Waals surface area contributed by atoms with E-state index in [0.29, 0.717) is 18.5 Å². The minimum Gasteiger partial charge on any atom is -0.370 e. The Labute approximate surface area is 147 Å². The van der Waals surface area contributed by atoms with Crippen LogP contribution in [0.2, 0.25) is 0 Å². The maximum absolute atomic E-state index is 5.95. The molecule has 2 aromatic rings. The molecule has 0 spiro atoms. The molecule has 3 rings (SSSR count). The van der Waals surface area contributed by atoms with Crippen LogP contribution in [-0.4, -0.2) is 26.8 Å². The van der Waals surface area contributed by atoms with Crippen LogP contribution in [0.25, 0.3) is 5.69 Å². The summed E-state index contributed by atoms with van der Waals surface area (Å²) in [5, 5.41) is 7.42. The average molecular weight is 412 g/mol. The summed E-state index contributed by atoms with van der Waals surface area (Å²) in [4.78, 5) is 8.37. The van der Waals surface area contributed by atoms with E-state index in [1.54, 1.807) is 11.0 Å². The Hall–Kier alpha value is -1.64. The smallest absolute Gasteiger partial charge is 0.189 e. The predicted molar refractivity (Wildman–Crippen MR) is 97.5 cm³/mol. The molecule has 0 amide bonds. The topological polar surface area (TPSA) is 81.1 Å². The monoisotopic (exact) mass is 412 g/mol. The van der Waals surface area contributed by atoms with E-state index in [2.05, 4.69) is 20.4 Å². The molecule has 0 radical (unpaired) electrons. The number of nitrogens with one attached hydrogen (secondary N) is 1. The Balaban J connectivity index is 0.00000176. The number of hydrogen-bond donors (Lipinski definition) is 2. The normalized spacial score (nSPS) is 15.5. The number of nitrogens with two attached hydrogens (primary N) is 1. The molecule has 118 valence electrons. The van der Waals surface area contributed by atoms with Crippen LogP contribution < -0.4 is 11.1 Å². The average Bonchev–Trinajstić information content (AvgIpc) is 3.19. The molecule has 0 saturated heterocycles. The van der Waals surface area contributed by atoms with Gasteiger partial charge in [0.05, 0.1) is 12.2 Å². The zero-order chi connectivity index (χ0) is 14.5. The van der Waals surface area contributed by atoms with Crippen LogP contribution in [0.1, 0.15) is 31.2 Å². The maximum Gasteiger partial charge on any atom is 0.189 e. The van der Waals surface area contributed by atoms with Crippen molar-refractivity contribution in [3.8, 4) is 5.69 Å². The van der Waals surface area contributed by atoms with Gasteiger partial charge in [0.1, 0.15) is 12.7 Å². The lowest BCUT2D eigenvalue weighted by molar-refractivity contribution is 0.625. The van der Waals surface area contributed by atoms with E-state index in [9.17, 15) is 0 Å². The van der Waals surface area contributed by atoms with Gasteiger partial charge in [-0.2, -0.15) is 5.10 Å². The number of aromatic nitrogens is 3. The van der Waals surface area contributed by atoms with Gasteiger partial charge in [-0.05, 0) is 30.5 Å². The van der Waals surface area contributed by atoms with E-state index in [0.717, 1.165) is 11.3 Å². The lowest BCUT2D eigenvalue weighted by Crippen LogP contribution is -2.38. The van der Waals surface area contributed by atoms with Crippen molar-refractivity contribution < 1.29 is 0 Å². The third-order valence-electron chi connectivity index (χ3n) is 3.73. The Kier molecular flexibility index (Phi) is 6.17. The van der Waals surface area contributed by atoms with Gasteiger partial charge in [-0.3, -0.25) is 0 Å². The van der Waals surface area contributed by atoms with E-state index in [4.69, 9.17) is 5.73 Å². The van der Waals surface area contributed by atoms with Crippen molar-refractivity contribution in [1.82, 2.24) is 20.1 Å². The SMILES string of the molecule is I.NC(=NCc1cccc(-n2cncn2)c1)NC1CCCC1. The number of benzene rings is 1. The lowest BCUT2D eigenvalue weighted by Gasteiger charge is -2.12. The van der Waals surface area contributed by atoms with Crippen LogP contribution in [-0.2, 0) is 6.54 Å². The molecular weight excluding hydrogens is 391 g/mol. The molecule has 1 saturated carbocycles. The summed E-state index contributed by atoms with van der Waals surface area (Å²) in [6.45, 7) is 0.564. The third-order valence-corrected chi connectivity index (χ3v) is 3.73. The number of nitrogens with zero attached hydrogens (tertiary/aromatic N) is 4. The molecule has 0 bridgehead atoms. The van der Waals surface area contributed by atoms with Crippen molar-refractivity contribution >= 4 is 29.9 Å². The highest BCUT2D eigenvalue weighted by Gasteiger charge is 2.14. The Morgan fingerprint density at radius 2 is 2.18 bits per heavy atom. The highest BCUT2D eigenvalue weighted by atomic mass is 127. The highest BCUT2D eigenvalue weighted by Crippen LogP contribution is 2.17. The van der Waals surface area contributed by atoms with Gasteiger partial charge in [-0.15, -0.1) is 24.0 Å². The summed E-state index contributed by atoms with van der Waals surface area (Å²) >= 11 is 0. The van der Waals surface area contributed by atoms with Gasteiger partial charge in [-0.1, -0.05) is 25.0 Å². The molecule has 0 unspecified atom stereocenters. The second-order valence-corrected chi connectivity index (χ2v) is 5.34. The van der Waals surface area contributed by atoms with Crippen LogP contribution >= 0.6 is 24.0 Å². The van der Waals surface area contributed by atoms with Crippen LogP contribution in [0.3, 0.4) is 0 Å². The summed E-state index contributed by atoms with van der Waals surface area (Å²) < 4.78 is 1.73. The van der Waals surface area contributed by atoms with E-state index >= 15 is 0 Å². The van der Waals surface area contributed by atoms with Gasteiger partial charge in [0, 0.05) is 6.04 Å². The highest BCUT2D eigenvalue weighted by molar-refractivity contribution is 14.0. The molecule has 7 heteroatoms. The molecule has 22 heavy (non-hydrogen) atoms. The second-order valence-electron chi connectivity index (χ2n) is 5.34. The Bertz CT molecular complexity index is 604. The molecule has 1 fully saturated rings. The van der Waals surface area contributed by atoms with Crippen LogP contribution in [0.15, 0.2) is 41.9 Å². The summed E-state index contributed by atoms with van der Waals surface area (Å²) in [6, 6.07) is 8.55. The van der Waals surface area contributed by atoms with Gasteiger partial charge < -0.3 is 11.1 Å². The molecule has 0 atom stereocenters. The third kappa shape index (κ3) is 4.43. The number of aliphatic imine (C=N–C) groups is 1. The van der Waals surface area contributed by atoms with Gasteiger partial charge in [-0.25, -0.2) is 14.7 Å². The van der Waals surface area contributed by atoms with E-state index in [1.807, 2.05) is 24.3 Å². The summed E-state index contributed by atoms with van der Waals surface area (Å²) in [5.41, 5.74) is 8.02. The van der Waals surface area contributed by atoms with Crippen molar-refractivity contribution in [2.24, 2.45) is 10.7 Å². The lowest BCUT2D eigenvalue weighted by atomic mass is 10.2. The van der Waals surface area contributed by atoms with Crippen molar-refractivity contribution in [1.29, 1.82) is 0 Å². The molecule has 6 nitrogen and oxygen atoms in total. The molecular formula is C15H21IN6. The van der Waals surface area contributed by atoms with Gasteiger partial charge in [0.15, 0.2) is 5.96 Å². The second kappa shape index (κ2) is 8.11. The first-order valence-electron chi connectivity index (χ1n) is 7.32. The van der Waals surface area contributed by atoms with Gasteiger partial charge in [0.25, 0.3) is 0 Å². The van der Waals surface area contributed by atoms with E-state index < -0.39 is 0 Å². The fraction of sp³-hybridized carbons (Fsp3) is 0.400.